The molecule has 0 fully saturated rings. The molecule has 2 heterocycles. The number of hydrogen-bond acceptors (Lipinski definition) is 8. The lowest BCUT2D eigenvalue weighted by Crippen LogP contribution is -2.49. The third kappa shape index (κ3) is 7.11. The Bertz CT molecular complexity index is 2790. The van der Waals surface area contributed by atoms with Gasteiger partial charge >= 0.3 is 0 Å². The number of amides is 2. The van der Waals surface area contributed by atoms with E-state index in [9.17, 15) is 20.1 Å². The summed E-state index contributed by atoms with van der Waals surface area (Å²) >= 11 is 0. The van der Waals surface area contributed by atoms with Crippen LogP contribution in [-0.2, 0) is 23.9 Å². The molecule has 2 aliphatic rings. The summed E-state index contributed by atoms with van der Waals surface area (Å²) in [7, 11) is 4.57. The lowest BCUT2D eigenvalue weighted by Gasteiger charge is -2.41. The molecule has 8 rings (SSSR count). The molecule has 2 aliphatic heterocycles. The van der Waals surface area contributed by atoms with E-state index in [2.05, 4.69) is 12.1 Å². The summed E-state index contributed by atoms with van der Waals surface area (Å²) in [6.07, 6.45) is 7.09. The smallest absolute Gasteiger partial charge is 0.259 e. The normalized spacial score (nSPS) is 17.3. The van der Waals surface area contributed by atoms with Crippen LogP contribution < -0.4 is 18.9 Å². The van der Waals surface area contributed by atoms with E-state index in [1.807, 2.05) is 78.9 Å². The number of carbonyl (C=O) groups excluding carboxylic acids is 2. The van der Waals surface area contributed by atoms with E-state index in [1.54, 1.807) is 85.2 Å². The van der Waals surface area contributed by atoms with Gasteiger partial charge in [0.05, 0.1) is 33.5 Å². The average molecular weight is 805 g/mol. The molecule has 2 atom stereocenters. The van der Waals surface area contributed by atoms with Crippen LogP contribution in [0, 0.1) is 22.7 Å². The van der Waals surface area contributed by atoms with Gasteiger partial charge in [-0.25, -0.2) is 0 Å². The molecular formula is C51H40N4O6. The third-order valence-electron chi connectivity index (χ3n) is 11.2. The molecule has 0 saturated carbocycles. The summed E-state index contributed by atoms with van der Waals surface area (Å²) in [6, 6.07) is 46.7. The van der Waals surface area contributed by atoms with E-state index in [4.69, 9.17) is 18.9 Å². The maximum Gasteiger partial charge on any atom is 0.259 e. The Labute approximate surface area is 354 Å². The number of methoxy groups -OCH3 is 3. The van der Waals surface area contributed by atoms with E-state index in [0.717, 1.165) is 11.1 Å². The van der Waals surface area contributed by atoms with Crippen molar-refractivity contribution in [2.45, 2.75) is 23.9 Å². The van der Waals surface area contributed by atoms with Gasteiger partial charge in [-0.1, -0.05) is 91.0 Å². The van der Waals surface area contributed by atoms with Crippen LogP contribution in [-0.4, -0.2) is 42.9 Å². The zero-order chi connectivity index (χ0) is 42.6. The van der Waals surface area contributed by atoms with Crippen LogP contribution in [0.2, 0.25) is 0 Å². The molecule has 6 aromatic rings. The van der Waals surface area contributed by atoms with Gasteiger partial charge in [-0.3, -0.25) is 19.4 Å². The first kappa shape index (κ1) is 39.7. The largest absolute Gasteiger partial charge is 0.493 e. The van der Waals surface area contributed by atoms with E-state index in [0.29, 0.717) is 62.1 Å². The van der Waals surface area contributed by atoms with Crippen molar-refractivity contribution < 1.29 is 28.5 Å². The van der Waals surface area contributed by atoms with E-state index >= 15 is 0 Å². The monoisotopic (exact) mass is 804 g/mol. The predicted octanol–water partition coefficient (Wildman–Crippen LogP) is 9.68. The first-order valence-electron chi connectivity index (χ1n) is 19.5. The summed E-state index contributed by atoms with van der Waals surface area (Å²) in [5.41, 5.74) is 2.05. The van der Waals surface area contributed by atoms with Crippen molar-refractivity contribution in [2.75, 3.05) is 21.3 Å². The number of nitrogens with zero attached hydrogens (tertiary/aromatic N) is 4. The maximum absolute atomic E-state index is 14.3. The topological polar surface area (TPSA) is 125 Å². The quantitative estimate of drug-likeness (QED) is 0.127. The van der Waals surface area contributed by atoms with Gasteiger partial charge in [-0.15, -0.1) is 0 Å². The number of benzene rings is 6. The van der Waals surface area contributed by atoms with Crippen LogP contribution in [0.1, 0.15) is 54.1 Å². The summed E-state index contributed by atoms with van der Waals surface area (Å²) < 4.78 is 24.1. The lowest BCUT2D eigenvalue weighted by molar-refractivity contribution is 0.0688. The molecular weight excluding hydrogens is 765 g/mol. The standard InChI is InChI=1S/C51H40N4O6/c1-58-43-23-22-35(31-50(33-52)41-20-12-10-14-36(41)24-26-54(50)48(56)38-16-6-4-7-17-38)28-47(43)61-44-30-46(60-3)45(59-2)29-40(44)32-51(34-53)42-21-13-11-15-37(42)25-27-55(51)49(57)39-18-8-5-9-19-39/h4-30H,31-32H2,1-3H3/t50-,51+/m1/s1. The highest BCUT2D eigenvalue weighted by atomic mass is 16.5. The van der Waals surface area contributed by atoms with Gasteiger partial charge < -0.3 is 18.9 Å². The van der Waals surface area contributed by atoms with Gasteiger partial charge in [0.1, 0.15) is 5.75 Å². The first-order valence-corrected chi connectivity index (χ1v) is 19.5. The van der Waals surface area contributed by atoms with Crippen LogP contribution in [0.15, 0.2) is 152 Å². The fourth-order valence-corrected chi connectivity index (χ4v) is 8.19. The molecule has 6 aromatic carbocycles. The van der Waals surface area contributed by atoms with Crippen LogP contribution in [0.3, 0.4) is 0 Å². The van der Waals surface area contributed by atoms with Crippen molar-refractivity contribution in [2.24, 2.45) is 0 Å². The van der Waals surface area contributed by atoms with E-state index < -0.39 is 11.1 Å². The second kappa shape index (κ2) is 16.6. The second-order valence-electron chi connectivity index (χ2n) is 14.6. The molecule has 0 unspecified atom stereocenters. The Kier molecular flexibility index (Phi) is 10.8. The van der Waals surface area contributed by atoms with E-state index in [-0.39, 0.29) is 24.7 Å². The molecule has 2 amide bonds. The Hall–Kier alpha value is -8.08. The highest BCUT2D eigenvalue weighted by Crippen LogP contribution is 2.47. The Morgan fingerprint density at radius 3 is 1.51 bits per heavy atom. The van der Waals surface area contributed by atoms with Crippen LogP contribution >= 0.6 is 0 Å². The molecule has 300 valence electrons. The van der Waals surface area contributed by atoms with Crippen molar-refractivity contribution in [3.05, 3.63) is 196 Å². The number of carbonyl (C=O) groups is 2. The van der Waals surface area contributed by atoms with Gasteiger partial charge in [0, 0.05) is 48.0 Å². The summed E-state index contributed by atoms with van der Waals surface area (Å²) in [5, 5.41) is 22.4. The minimum Gasteiger partial charge on any atom is -0.493 e. The molecule has 10 nitrogen and oxygen atoms in total. The van der Waals surface area contributed by atoms with Gasteiger partial charge in [0.25, 0.3) is 11.8 Å². The molecule has 0 aromatic heterocycles. The molecule has 0 spiro atoms. The van der Waals surface area contributed by atoms with Crippen LogP contribution in [0.5, 0.6) is 28.7 Å². The number of nitriles is 2. The summed E-state index contributed by atoms with van der Waals surface area (Å²) in [6.45, 7) is 0. The number of fused-ring (bicyclic) bond motifs is 2. The highest BCUT2D eigenvalue weighted by molar-refractivity contribution is 5.97. The fourth-order valence-electron chi connectivity index (χ4n) is 8.19. The molecule has 0 radical (unpaired) electrons. The SMILES string of the molecule is COc1cc(C[C@]2(C#N)c3ccccc3C=CN2C(=O)c2ccccc2)c(Oc2cc(C[C@@]3(C#N)c4ccccc4C=CN3C(=O)c3ccccc3)ccc2OC)cc1OC. The van der Waals surface area contributed by atoms with Gasteiger partial charge in [-0.05, 0) is 82.4 Å². The molecule has 0 aliphatic carbocycles. The second-order valence-corrected chi connectivity index (χ2v) is 14.6. The minimum atomic E-state index is -1.53. The van der Waals surface area contributed by atoms with Crippen LogP contribution in [0.4, 0.5) is 0 Å². The van der Waals surface area contributed by atoms with Crippen molar-refractivity contribution in [3.8, 4) is 40.9 Å². The van der Waals surface area contributed by atoms with Crippen molar-refractivity contribution >= 4 is 24.0 Å². The highest BCUT2D eigenvalue weighted by Gasteiger charge is 2.46. The number of rotatable bonds is 11. The van der Waals surface area contributed by atoms with Gasteiger partial charge in [-0.2, -0.15) is 10.5 Å². The van der Waals surface area contributed by atoms with Crippen molar-refractivity contribution in [3.63, 3.8) is 0 Å². The molecule has 61 heavy (non-hydrogen) atoms. The lowest BCUT2D eigenvalue weighted by atomic mass is 9.78. The maximum atomic E-state index is 14.3. The van der Waals surface area contributed by atoms with Crippen LogP contribution in [0.25, 0.3) is 12.2 Å². The average Bonchev–Trinajstić information content (AvgIpc) is 3.32. The first-order chi connectivity index (χ1) is 29.8. The summed E-state index contributed by atoms with van der Waals surface area (Å²) in [5.74, 6) is 1.08. The predicted molar refractivity (Wildman–Crippen MR) is 231 cm³/mol. The fraction of sp³-hybridized carbons (Fsp3) is 0.137. The van der Waals surface area contributed by atoms with Gasteiger partial charge in [0.15, 0.2) is 34.1 Å². The number of ether oxygens (including phenoxy) is 4. The van der Waals surface area contributed by atoms with Gasteiger partial charge in [0.2, 0.25) is 0 Å². The molecule has 0 bridgehead atoms. The molecule has 0 saturated heterocycles. The van der Waals surface area contributed by atoms with Crippen molar-refractivity contribution in [1.82, 2.24) is 9.80 Å². The Balaban J connectivity index is 1.23. The Morgan fingerprint density at radius 2 is 1.00 bits per heavy atom. The summed E-state index contributed by atoms with van der Waals surface area (Å²) in [4.78, 5) is 31.5. The third-order valence-corrected chi connectivity index (χ3v) is 11.2. The zero-order valence-electron chi connectivity index (χ0n) is 33.7. The van der Waals surface area contributed by atoms with E-state index in [1.165, 1.54) is 31.1 Å². The minimum absolute atomic E-state index is 0.0155. The number of hydrogen-bond donors (Lipinski definition) is 0. The Morgan fingerprint density at radius 1 is 0.525 bits per heavy atom. The van der Waals surface area contributed by atoms with Crippen molar-refractivity contribution in [1.29, 1.82) is 10.5 Å². The zero-order valence-corrected chi connectivity index (χ0v) is 33.7. The molecule has 10 heteroatoms. The molecule has 0 N–H and O–H groups in total.